The number of Topliss-reactive ketones (excluding diaryl/α,β-unsaturated/α-hetero) is 1. The van der Waals surface area contributed by atoms with E-state index in [-0.39, 0.29) is 18.1 Å². The molecule has 1 aliphatic rings. The second kappa shape index (κ2) is 13.1. The lowest BCUT2D eigenvalue weighted by Gasteiger charge is -2.34. The molecule has 0 fully saturated rings. The number of aliphatic hydroxyl groups excluding tert-OH is 2. The summed E-state index contributed by atoms with van der Waals surface area (Å²) in [7, 11) is 1.89. The van der Waals surface area contributed by atoms with E-state index in [1.54, 1.807) is 32.5 Å². The van der Waals surface area contributed by atoms with Crippen molar-refractivity contribution in [1.29, 1.82) is 0 Å². The minimum absolute atomic E-state index is 0.0509. The lowest BCUT2D eigenvalue weighted by Crippen LogP contribution is -2.45. The molecule has 0 amide bonds. The van der Waals surface area contributed by atoms with E-state index < -0.39 is 35.6 Å². The molecule has 2 rings (SSSR count). The number of ether oxygens (including phenoxy) is 1. The molecule has 0 saturated heterocycles. The van der Waals surface area contributed by atoms with E-state index >= 15 is 0 Å². The normalized spacial score (nSPS) is 29.6. The zero-order valence-corrected chi connectivity index (χ0v) is 23.9. The van der Waals surface area contributed by atoms with E-state index in [1.807, 2.05) is 44.0 Å². The van der Waals surface area contributed by atoms with Gasteiger partial charge >= 0.3 is 5.97 Å². The van der Waals surface area contributed by atoms with Crippen molar-refractivity contribution >= 4 is 29.6 Å². The van der Waals surface area contributed by atoms with Crippen molar-refractivity contribution in [1.82, 2.24) is 9.78 Å². The molecule has 0 aliphatic carbocycles. The number of carbonyl (C=O) groups excluding carboxylic acids is 2. The molecule has 8 heteroatoms. The third-order valence-electron chi connectivity index (χ3n) is 7.47. The Labute approximate surface area is 220 Å². The number of nitrogens with zero attached hydrogens (tertiary/aromatic N) is 2. The molecule has 0 spiro atoms. The van der Waals surface area contributed by atoms with Crippen molar-refractivity contribution in [2.75, 3.05) is 6.26 Å². The predicted molar refractivity (Wildman–Crippen MR) is 144 cm³/mol. The monoisotopic (exact) mass is 520 g/mol. The van der Waals surface area contributed by atoms with Crippen molar-refractivity contribution in [2.24, 2.45) is 24.3 Å². The molecule has 1 aromatic heterocycles. The number of allylic oxidation sites excluding steroid dienone is 1. The summed E-state index contributed by atoms with van der Waals surface area (Å²) < 4.78 is 7.66. The fourth-order valence-corrected chi connectivity index (χ4v) is 5.23. The maximum absolute atomic E-state index is 13.2. The second-order valence-electron chi connectivity index (χ2n) is 10.8. The number of ketones is 1. The van der Waals surface area contributed by atoms with Crippen LogP contribution in [-0.2, 0) is 21.4 Å². The van der Waals surface area contributed by atoms with Gasteiger partial charge in [-0.25, -0.2) is 0 Å². The highest BCUT2D eigenvalue weighted by Gasteiger charge is 2.42. The molecule has 2 heterocycles. The number of aromatic nitrogens is 2. The largest absolute Gasteiger partial charge is 0.457 e. The molecular weight excluding hydrogens is 476 g/mol. The first-order valence-corrected chi connectivity index (χ1v) is 14.0. The van der Waals surface area contributed by atoms with Gasteiger partial charge in [-0.2, -0.15) is 5.10 Å². The molecule has 0 bridgehead atoms. The molecule has 1 aliphatic heterocycles. The van der Waals surface area contributed by atoms with E-state index in [9.17, 15) is 19.8 Å². The highest BCUT2D eigenvalue weighted by Crippen LogP contribution is 2.32. The van der Waals surface area contributed by atoms with Gasteiger partial charge in [0.1, 0.15) is 11.9 Å². The van der Waals surface area contributed by atoms with Crippen LogP contribution in [0.5, 0.6) is 0 Å². The molecule has 202 valence electrons. The lowest BCUT2D eigenvalue weighted by atomic mass is 9.73. The van der Waals surface area contributed by atoms with Crippen LogP contribution in [-0.4, -0.2) is 56.3 Å². The standard InChI is InChI=1S/C28H44N2O5S/c1-17-10-9-11-18(2)26(33)20(4)27(34)28(5,6)23(31)16-25(32)35-22(13-12-17)19(3)14-21-15-24(36-8)30(7)29-21/h12,14-15,18,20,22-23,26,31,33H,9-11,13,16H2,1-8H3/t18-,20+,22-,23-,26-/m0/s1. The van der Waals surface area contributed by atoms with Crippen molar-refractivity contribution in [3.05, 3.63) is 29.0 Å². The van der Waals surface area contributed by atoms with Crippen LogP contribution < -0.4 is 0 Å². The fraction of sp³-hybridized carbons (Fsp3) is 0.679. The summed E-state index contributed by atoms with van der Waals surface area (Å²) in [5.41, 5.74) is 1.63. The molecule has 2 N–H and O–H groups in total. The third-order valence-corrected chi connectivity index (χ3v) is 8.27. The van der Waals surface area contributed by atoms with E-state index in [0.717, 1.165) is 35.6 Å². The van der Waals surface area contributed by atoms with Gasteiger partial charge < -0.3 is 14.9 Å². The van der Waals surface area contributed by atoms with Crippen LogP contribution in [0.25, 0.3) is 6.08 Å². The summed E-state index contributed by atoms with van der Waals surface area (Å²) in [5, 5.41) is 27.2. The minimum Gasteiger partial charge on any atom is -0.457 e. The highest BCUT2D eigenvalue weighted by atomic mass is 32.2. The first kappa shape index (κ1) is 30.3. The zero-order chi connectivity index (χ0) is 27.2. The Bertz CT molecular complexity index is 981. The van der Waals surface area contributed by atoms with Gasteiger partial charge in [-0.05, 0) is 63.0 Å². The number of esters is 1. The van der Waals surface area contributed by atoms with Crippen LogP contribution in [0.15, 0.2) is 28.3 Å². The Morgan fingerprint density at radius 1 is 1.28 bits per heavy atom. The number of cyclic esters (lactones) is 1. The molecule has 0 unspecified atom stereocenters. The van der Waals surface area contributed by atoms with Gasteiger partial charge in [0.15, 0.2) is 0 Å². The van der Waals surface area contributed by atoms with Crippen LogP contribution in [0.4, 0.5) is 0 Å². The van der Waals surface area contributed by atoms with Gasteiger partial charge in [0.05, 0.1) is 34.8 Å². The minimum atomic E-state index is -1.22. The number of carbonyl (C=O) groups is 2. The quantitative estimate of drug-likeness (QED) is 0.330. The molecular formula is C28H44N2O5S. The summed E-state index contributed by atoms with van der Waals surface area (Å²) >= 11 is 1.61. The van der Waals surface area contributed by atoms with Crippen LogP contribution in [0.2, 0.25) is 0 Å². The number of hydrogen-bond donors (Lipinski definition) is 2. The van der Waals surface area contributed by atoms with Crippen molar-refractivity contribution < 1.29 is 24.5 Å². The molecule has 7 nitrogen and oxygen atoms in total. The average Bonchev–Trinajstić information content (AvgIpc) is 3.17. The van der Waals surface area contributed by atoms with Crippen molar-refractivity contribution in [3.8, 4) is 0 Å². The SMILES string of the molecule is CSc1cc(C=C(C)[C@@H]2CC=C(C)CCC[C@H](C)[C@H](O)[C@@H](C)C(=O)C(C)(C)[C@@H](O)CC(=O)O2)nn1C. The fourth-order valence-electron chi connectivity index (χ4n) is 4.69. The predicted octanol–water partition coefficient (Wildman–Crippen LogP) is 4.96. The zero-order valence-electron chi connectivity index (χ0n) is 23.1. The van der Waals surface area contributed by atoms with Crippen LogP contribution in [0.3, 0.4) is 0 Å². The summed E-state index contributed by atoms with van der Waals surface area (Å²) in [5.74, 6) is -1.51. The van der Waals surface area contributed by atoms with E-state index in [0.29, 0.717) is 6.42 Å². The second-order valence-corrected chi connectivity index (χ2v) is 11.7. The van der Waals surface area contributed by atoms with E-state index in [2.05, 4.69) is 18.1 Å². The van der Waals surface area contributed by atoms with E-state index in [1.165, 1.54) is 5.57 Å². The van der Waals surface area contributed by atoms with Crippen LogP contribution >= 0.6 is 11.8 Å². The van der Waals surface area contributed by atoms with Gasteiger partial charge in [-0.1, -0.05) is 39.3 Å². The Balaban J connectivity index is 2.35. The first-order chi connectivity index (χ1) is 16.8. The van der Waals surface area contributed by atoms with Crippen LogP contribution in [0, 0.1) is 17.3 Å². The summed E-state index contributed by atoms with van der Waals surface area (Å²) in [4.78, 5) is 26.1. The van der Waals surface area contributed by atoms with Gasteiger partial charge in [-0.15, -0.1) is 11.8 Å². The maximum atomic E-state index is 13.2. The number of rotatable bonds is 3. The molecule has 0 radical (unpaired) electrons. The smallest absolute Gasteiger partial charge is 0.309 e. The van der Waals surface area contributed by atoms with Crippen molar-refractivity contribution in [3.63, 3.8) is 0 Å². The van der Waals surface area contributed by atoms with Gasteiger partial charge in [-0.3, -0.25) is 14.3 Å². The topological polar surface area (TPSA) is 102 Å². The Kier molecular flexibility index (Phi) is 11.0. The Morgan fingerprint density at radius 2 is 1.94 bits per heavy atom. The summed E-state index contributed by atoms with van der Waals surface area (Å²) in [6.07, 6.45) is 6.23. The molecule has 36 heavy (non-hydrogen) atoms. The molecule has 1 aromatic rings. The van der Waals surface area contributed by atoms with Gasteiger partial charge in [0.2, 0.25) is 0 Å². The maximum Gasteiger partial charge on any atom is 0.309 e. The number of aryl methyl sites for hydroxylation is 1. The molecule has 0 saturated carbocycles. The number of thioether (sulfide) groups is 1. The first-order valence-electron chi connectivity index (χ1n) is 12.8. The Morgan fingerprint density at radius 3 is 2.56 bits per heavy atom. The Hall–Kier alpha value is -1.90. The van der Waals surface area contributed by atoms with E-state index in [4.69, 9.17) is 4.74 Å². The van der Waals surface area contributed by atoms with Crippen molar-refractivity contribution in [2.45, 2.75) is 97.0 Å². The highest BCUT2D eigenvalue weighted by molar-refractivity contribution is 7.98. The lowest BCUT2D eigenvalue weighted by molar-refractivity contribution is -0.154. The summed E-state index contributed by atoms with van der Waals surface area (Å²) in [6.45, 7) is 10.9. The number of hydrogen-bond acceptors (Lipinski definition) is 7. The summed E-state index contributed by atoms with van der Waals surface area (Å²) in [6, 6.07) is 1.99. The number of aliphatic hydroxyl groups is 2. The molecule has 5 atom stereocenters. The molecule has 0 aromatic carbocycles. The average molecular weight is 521 g/mol. The van der Waals surface area contributed by atoms with Gasteiger partial charge in [0.25, 0.3) is 0 Å². The van der Waals surface area contributed by atoms with Crippen LogP contribution in [0.1, 0.15) is 79.3 Å². The van der Waals surface area contributed by atoms with Gasteiger partial charge in [0, 0.05) is 19.4 Å². The third kappa shape index (κ3) is 7.80.